The van der Waals surface area contributed by atoms with Gasteiger partial charge in [0.25, 0.3) is 0 Å². The number of hydrogen-bond acceptors (Lipinski definition) is 0. The molecule has 0 aromatic carbocycles. The van der Waals surface area contributed by atoms with Gasteiger partial charge in [-0.2, -0.15) is 4.58 Å². The minimum atomic E-state index is 0. The van der Waals surface area contributed by atoms with Crippen molar-refractivity contribution < 1.29 is 34.0 Å². The summed E-state index contributed by atoms with van der Waals surface area (Å²) < 4.78 is 4.34. The maximum Gasteiger partial charge on any atom is 0.183 e. The summed E-state index contributed by atoms with van der Waals surface area (Å²) in [5.74, 6) is 3.47. The van der Waals surface area contributed by atoms with Crippen molar-refractivity contribution in [1.29, 1.82) is 0 Å². The van der Waals surface area contributed by atoms with Gasteiger partial charge >= 0.3 is 0 Å². The van der Waals surface area contributed by atoms with E-state index in [-0.39, 0.29) is 24.8 Å². The van der Waals surface area contributed by atoms with Gasteiger partial charge in [0.1, 0.15) is 28.2 Å². The van der Waals surface area contributed by atoms with E-state index in [2.05, 4.69) is 31.0 Å². The molecule has 22 heavy (non-hydrogen) atoms. The Hall–Kier alpha value is -0.820. The molecule has 0 spiro atoms. The first-order valence-corrected chi connectivity index (χ1v) is 7.65. The van der Waals surface area contributed by atoms with Crippen LogP contribution in [0.2, 0.25) is 0 Å². The van der Waals surface area contributed by atoms with Crippen LogP contribution in [0.1, 0.15) is 38.5 Å². The van der Waals surface area contributed by atoms with Gasteiger partial charge in [-0.15, -0.1) is 0 Å². The second-order valence-corrected chi connectivity index (χ2v) is 6.40. The van der Waals surface area contributed by atoms with Crippen LogP contribution in [-0.4, -0.2) is 48.9 Å². The van der Waals surface area contributed by atoms with E-state index in [0.717, 1.165) is 6.42 Å². The molecule has 2 bridgehead atoms. The Labute approximate surface area is 146 Å². The fourth-order valence-electron chi connectivity index (χ4n) is 3.54. The maximum atomic E-state index is 3.65. The minimum absolute atomic E-state index is 0. The molecule has 2 radical (unpaired) electrons. The molecule has 2 nitrogen and oxygen atoms in total. The Kier molecular flexibility index (Phi) is 6.67. The van der Waals surface area contributed by atoms with Crippen LogP contribution in [-0.2, 0) is 0 Å². The lowest BCUT2D eigenvalue weighted by molar-refractivity contribution is -0.465. The highest BCUT2D eigenvalue weighted by molar-refractivity contribution is 6.06. The van der Waals surface area contributed by atoms with E-state index in [9.17, 15) is 0 Å². The summed E-state index contributed by atoms with van der Waals surface area (Å²) in [5, 5.41) is 0. The van der Waals surface area contributed by atoms with E-state index in [0.29, 0.717) is 0 Å². The van der Waals surface area contributed by atoms with Crippen LogP contribution in [0.5, 0.6) is 0 Å². The molecule has 0 amide bonds. The van der Waals surface area contributed by atoms with Crippen LogP contribution in [0, 0.1) is 6.42 Å². The molecule has 3 rings (SSSR count). The van der Waals surface area contributed by atoms with Crippen LogP contribution in [0.3, 0.4) is 0 Å². The monoisotopic (exact) mass is 338 g/mol. The molecular formula is C18H24Cl2N2. The number of hydrogen-bond donors (Lipinski definition) is 0. The first-order valence-electron chi connectivity index (χ1n) is 7.65. The predicted molar refractivity (Wildman–Crippen MR) is 82.7 cm³/mol. The molecule has 2 fully saturated rings. The molecule has 0 atom stereocenters. The largest absolute Gasteiger partial charge is 1.00 e. The van der Waals surface area contributed by atoms with Gasteiger partial charge in [0, 0.05) is 24.8 Å². The summed E-state index contributed by atoms with van der Waals surface area (Å²) in [6.45, 7) is 0. The smallest absolute Gasteiger partial charge is 0.183 e. The molecule has 0 aromatic heterocycles. The topological polar surface area (TPSA) is 6.02 Å². The zero-order valence-electron chi connectivity index (χ0n) is 13.9. The predicted octanol–water partition coefficient (Wildman–Crippen LogP) is -3.37. The average Bonchev–Trinajstić information content (AvgIpc) is 2.84. The molecule has 0 aliphatic heterocycles. The molecule has 0 aromatic rings. The summed E-state index contributed by atoms with van der Waals surface area (Å²) in [4.78, 5) is 0. The van der Waals surface area contributed by atoms with Crippen LogP contribution >= 0.6 is 0 Å². The highest BCUT2D eigenvalue weighted by Gasteiger charge is 2.39. The van der Waals surface area contributed by atoms with Gasteiger partial charge in [-0.05, 0) is 36.0 Å². The van der Waals surface area contributed by atoms with Gasteiger partial charge in [0.15, 0.2) is 11.6 Å². The number of rotatable bonds is 0. The lowest BCUT2D eigenvalue weighted by atomic mass is 9.84. The molecule has 0 heterocycles. The highest BCUT2D eigenvalue weighted by Crippen LogP contribution is 2.48. The van der Waals surface area contributed by atoms with Crippen molar-refractivity contribution in [2.45, 2.75) is 38.5 Å². The third kappa shape index (κ3) is 3.40. The summed E-state index contributed by atoms with van der Waals surface area (Å²) in [5.41, 5.74) is 8.64. The van der Waals surface area contributed by atoms with Crippen LogP contribution in [0.25, 0.3) is 0 Å². The van der Waals surface area contributed by atoms with Crippen molar-refractivity contribution in [1.82, 2.24) is 0 Å². The SMILES string of the molecule is C[N+](C)=C=C1CC2=C3CCCCCC(=[N+](C)C)C3=C1[C]2.[Cl-].[Cl-]. The van der Waals surface area contributed by atoms with Gasteiger partial charge in [-0.1, -0.05) is 6.42 Å². The Morgan fingerprint density at radius 1 is 0.955 bits per heavy atom. The Morgan fingerprint density at radius 3 is 2.27 bits per heavy atom. The summed E-state index contributed by atoms with van der Waals surface area (Å²) in [6, 6.07) is 0. The zero-order valence-corrected chi connectivity index (χ0v) is 15.4. The fourth-order valence-corrected chi connectivity index (χ4v) is 3.54. The standard InChI is InChI=1S/C18H24N2.2ClH/c1-19(2)12-14-10-13-11-16(14)18-15(13)8-6-5-7-9-17(18)20(3)4;;/h5-10H2,1-4H3;2*1H/q+2;;/p-2. The first kappa shape index (κ1) is 19.2. The first-order chi connectivity index (χ1) is 9.58. The number of halogens is 2. The van der Waals surface area contributed by atoms with Crippen molar-refractivity contribution >= 4 is 11.6 Å². The minimum Gasteiger partial charge on any atom is -1.00 e. The van der Waals surface area contributed by atoms with E-state index in [1.165, 1.54) is 60.1 Å². The molecular weight excluding hydrogens is 315 g/mol. The Morgan fingerprint density at radius 2 is 1.64 bits per heavy atom. The average molecular weight is 339 g/mol. The Balaban J connectivity index is 0.00000121. The number of nitrogens with zero attached hydrogens (tertiary/aromatic N) is 2. The van der Waals surface area contributed by atoms with Crippen molar-refractivity contribution in [2.75, 3.05) is 28.2 Å². The zero-order chi connectivity index (χ0) is 14.3. The van der Waals surface area contributed by atoms with Crippen LogP contribution in [0.4, 0.5) is 0 Å². The van der Waals surface area contributed by atoms with Crippen molar-refractivity contribution in [3.8, 4) is 0 Å². The molecule has 0 unspecified atom stereocenters. The third-order valence-corrected chi connectivity index (χ3v) is 4.37. The molecule has 120 valence electrons. The van der Waals surface area contributed by atoms with Gasteiger partial charge in [0.2, 0.25) is 0 Å². The second-order valence-electron chi connectivity index (χ2n) is 6.40. The van der Waals surface area contributed by atoms with Crippen molar-refractivity contribution in [2.24, 2.45) is 0 Å². The lowest BCUT2D eigenvalue weighted by Gasteiger charge is -2.19. The van der Waals surface area contributed by atoms with E-state index < -0.39 is 0 Å². The Bertz CT molecular complexity index is 621. The van der Waals surface area contributed by atoms with E-state index in [4.69, 9.17) is 0 Å². The quantitative estimate of drug-likeness (QED) is 0.321. The van der Waals surface area contributed by atoms with Gasteiger partial charge in [-0.3, -0.25) is 0 Å². The summed E-state index contributed by atoms with van der Waals surface area (Å²) in [7, 11) is 8.46. The molecule has 0 N–H and O–H groups in total. The van der Waals surface area contributed by atoms with E-state index in [1.54, 1.807) is 5.57 Å². The highest BCUT2D eigenvalue weighted by atomic mass is 35.5. The van der Waals surface area contributed by atoms with Gasteiger partial charge in [-0.25, -0.2) is 4.58 Å². The van der Waals surface area contributed by atoms with Crippen molar-refractivity contribution in [3.63, 3.8) is 0 Å². The molecule has 2 saturated carbocycles. The number of allylic oxidation sites excluding steroid dienone is 5. The molecule has 3 aliphatic carbocycles. The fraction of sp³-hybridized carbons (Fsp3) is 0.556. The lowest BCUT2D eigenvalue weighted by Crippen LogP contribution is -3.00. The molecule has 0 saturated heterocycles. The normalized spacial score (nSPS) is 19.8. The van der Waals surface area contributed by atoms with E-state index in [1.807, 2.05) is 18.7 Å². The third-order valence-electron chi connectivity index (χ3n) is 4.37. The van der Waals surface area contributed by atoms with Crippen LogP contribution < -0.4 is 24.8 Å². The number of fused-ring (bicyclic) bond motifs is 3. The summed E-state index contributed by atoms with van der Waals surface area (Å²) in [6.07, 6.45) is 11.1. The van der Waals surface area contributed by atoms with Crippen LogP contribution in [0.15, 0.2) is 27.9 Å². The van der Waals surface area contributed by atoms with E-state index >= 15 is 0 Å². The summed E-state index contributed by atoms with van der Waals surface area (Å²) >= 11 is 0. The molecule has 4 heteroatoms. The van der Waals surface area contributed by atoms with Gasteiger partial charge < -0.3 is 24.8 Å². The van der Waals surface area contributed by atoms with Gasteiger partial charge in [0.05, 0.1) is 5.57 Å². The molecule has 3 aliphatic rings. The maximum absolute atomic E-state index is 3.65. The van der Waals surface area contributed by atoms with Crippen molar-refractivity contribution in [3.05, 3.63) is 34.3 Å². The second kappa shape index (κ2) is 7.64.